The molecule has 1 amide bonds. The number of carbonyl (C=O) groups is 2. The van der Waals surface area contributed by atoms with Gasteiger partial charge >= 0.3 is 5.97 Å². The van der Waals surface area contributed by atoms with Gasteiger partial charge in [0.05, 0.1) is 27.0 Å². The zero-order chi connectivity index (χ0) is 23.8. The molecule has 0 spiro atoms. The summed E-state index contributed by atoms with van der Waals surface area (Å²) >= 11 is 1.30. The second-order valence-corrected chi connectivity index (χ2v) is 7.71. The van der Waals surface area contributed by atoms with Gasteiger partial charge in [0.1, 0.15) is 0 Å². The summed E-state index contributed by atoms with van der Waals surface area (Å²) in [5.41, 5.74) is 3.52. The van der Waals surface area contributed by atoms with Crippen molar-refractivity contribution >= 4 is 34.4 Å². The van der Waals surface area contributed by atoms with E-state index in [1.165, 1.54) is 44.8 Å². The number of esters is 1. The lowest BCUT2D eigenvalue weighted by Crippen LogP contribution is -2.20. The van der Waals surface area contributed by atoms with E-state index in [-0.39, 0.29) is 0 Å². The molecule has 0 atom stereocenters. The standard InChI is InChI=1S/C24H24N2O6S/c1-15-5-8-17(9-6-15)18-14-33-24(25-18)26-21(27)13-32-22(28)10-7-16-11-19(29-2)23(31-4)20(12-16)30-3/h5-12,14H,13H2,1-4H3,(H,25,26,27). The van der Waals surface area contributed by atoms with Crippen LogP contribution < -0.4 is 19.5 Å². The van der Waals surface area contributed by atoms with Crippen molar-refractivity contribution in [3.63, 3.8) is 0 Å². The molecule has 0 aliphatic heterocycles. The number of rotatable bonds is 9. The lowest BCUT2D eigenvalue weighted by atomic mass is 10.1. The van der Waals surface area contributed by atoms with Crippen LogP contribution in [-0.2, 0) is 14.3 Å². The summed E-state index contributed by atoms with van der Waals surface area (Å²) in [6.45, 7) is 1.58. The highest BCUT2D eigenvalue weighted by atomic mass is 32.1. The van der Waals surface area contributed by atoms with Gasteiger partial charge in [-0.05, 0) is 30.7 Å². The highest BCUT2D eigenvalue weighted by Gasteiger charge is 2.13. The number of methoxy groups -OCH3 is 3. The van der Waals surface area contributed by atoms with Crippen molar-refractivity contribution in [2.75, 3.05) is 33.3 Å². The van der Waals surface area contributed by atoms with E-state index < -0.39 is 18.5 Å². The SMILES string of the molecule is COc1cc(C=CC(=O)OCC(=O)Nc2nc(-c3ccc(C)cc3)cs2)cc(OC)c1OC. The molecule has 1 aromatic heterocycles. The molecule has 0 saturated heterocycles. The second-order valence-electron chi connectivity index (χ2n) is 6.85. The third kappa shape index (κ3) is 6.33. The average Bonchev–Trinajstić information content (AvgIpc) is 3.29. The molecule has 0 aliphatic rings. The van der Waals surface area contributed by atoms with Crippen LogP contribution in [0.3, 0.4) is 0 Å². The molecule has 1 N–H and O–H groups in total. The molecule has 172 valence electrons. The van der Waals surface area contributed by atoms with Crippen LogP contribution in [0, 0.1) is 6.92 Å². The van der Waals surface area contributed by atoms with Gasteiger partial charge in [-0.2, -0.15) is 0 Å². The Morgan fingerprint density at radius 3 is 2.30 bits per heavy atom. The molecule has 9 heteroatoms. The summed E-state index contributed by atoms with van der Waals surface area (Å²) in [5, 5.41) is 4.92. The molecular formula is C24H24N2O6S. The third-order valence-corrected chi connectivity index (χ3v) is 5.30. The number of hydrogen-bond donors (Lipinski definition) is 1. The zero-order valence-electron chi connectivity index (χ0n) is 18.7. The first kappa shape index (κ1) is 23.8. The number of hydrogen-bond acceptors (Lipinski definition) is 8. The first-order valence-electron chi connectivity index (χ1n) is 9.90. The Bertz CT molecular complexity index is 1130. The number of carbonyl (C=O) groups excluding carboxylic acids is 2. The summed E-state index contributed by atoms with van der Waals surface area (Å²) in [5.74, 6) is 0.215. The second kappa shape index (κ2) is 11.1. The van der Waals surface area contributed by atoms with Crippen molar-refractivity contribution in [1.82, 2.24) is 4.98 Å². The van der Waals surface area contributed by atoms with Gasteiger partial charge < -0.3 is 18.9 Å². The van der Waals surface area contributed by atoms with Crippen molar-refractivity contribution in [2.45, 2.75) is 6.92 Å². The van der Waals surface area contributed by atoms with Crippen molar-refractivity contribution < 1.29 is 28.5 Å². The summed E-state index contributed by atoms with van der Waals surface area (Å²) in [6, 6.07) is 11.3. The van der Waals surface area contributed by atoms with E-state index in [0.717, 1.165) is 16.8 Å². The molecule has 3 aromatic rings. The molecule has 0 fully saturated rings. The minimum atomic E-state index is -0.668. The number of amides is 1. The fraction of sp³-hybridized carbons (Fsp3) is 0.208. The van der Waals surface area contributed by atoms with Gasteiger partial charge in [0.15, 0.2) is 23.2 Å². The molecule has 2 aromatic carbocycles. The smallest absolute Gasteiger partial charge is 0.331 e. The van der Waals surface area contributed by atoms with Crippen LogP contribution in [0.2, 0.25) is 0 Å². The zero-order valence-corrected chi connectivity index (χ0v) is 19.5. The Hall–Kier alpha value is -3.85. The predicted octanol–water partition coefficient (Wildman–Crippen LogP) is 4.34. The van der Waals surface area contributed by atoms with Gasteiger partial charge in [-0.15, -0.1) is 11.3 Å². The van der Waals surface area contributed by atoms with Gasteiger partial charge in [0.25, 0.3) is 5.91 Å². The fourth-order valence-electron chi connectivity index (χ4n) is 2.89. The minimum Gasteiger partial charge on any atom is -0.493 e. The largest absolute Gasteiger partial charge is 0.493 e. The van der Waals surface area contributed by atoms with Crippen LogP contribution in [0.1, 0.15) is 11.1 Å². The molecule has 0 radical (unpaired) electrons. The monoisotopic (exact) mass is 468 g/mol. The van der Waals surface area contributed by atoms with Gasteiger partial charge in [-0.1, -0.05) is 29.8 Å². The fourth-order valence-corrected chi connectivity index (χ4v) is 3.63. The third-order valence-electron chi connectivity index (χ3n) is 4.54. The van der Waals surface area contributed by atoms with Crippen molar-refractivity contribution in [3.05, 3.63) is 59.0 Å². The minimum absolute atomic E-state index is 0.430. The summed E-state index contributed by atoms with van der Waals surface area (Å²) in [7, 11) is 4.51. The molecular weight excluding hydrogens is 444 g/mol. The number of aromatic nitrogens is 1. The number of ether oxygens (including phenoxy) is 4. The lowest BCUT2D eigenvalue weighted by molar-refractivity contribution is -0.142. The van der Waals surface area contributed by atoms with Crippen molar-refractivity contribution in [3.8, 4) is 28.5 Å². The van der Waals surface area contributed by atoms with E-state index in [2.05, 4.69) is 10.3 Å². The normalized spacial score (nSPS) is 10.7. The van der Waals surface area contributed by atoms with Crippen LogP contribution in [0.15, 0.2) is 47.9 Å². The first-order valence-corrected chi connectivity index (χ1v) is 10.8. The van der Waals surface area contributed by atoms with Crippen LogP contribution in [-0.4, -0.2) is 44.8 Å². The van der Waals surface area contributed by atoms with E-state index in [4.69, 9.17) is 18.9 Å². The van der Waals surface area contributed by atoms with Crippen LogP contribution in [0.25, 0.3) is 17.3 Å². The number of thiazole rings is 1. The first-order chi connectivity index (χ1) is 15.9. The number of nitrogens with zero attached hydrogens (tertiary/aromatic N) is 1. The van der Waals surface area contributed by atoms with Gasteiger partial charge in [-0.3, -0.25) is 10.1 Å². The highest BCUT2D eigenvalue weighted by Crippen LogP contribution is 2.38. The quantitative estimate of drug-likeness (QED) is 0.369. The number of aryl methyl sites for hydroxylation is 1. The molecule has 0 saturated carbocycles. The maximum atomic E-state index is 12.1. The molecule has 3 rings (SSSR count). The van der Waals surface area contributed by atoms with Gasteiger partial charge in [0.2, 0.25) is 5.75 Å². The van der Waals surface area contributed by atoms with Crippen molar-refractivity contribution in [1.29, 1.82) is 0 Å². The van der Waals surface area contributed by atoms with E-state index in [1.54, 1.807) is 12.1 Å². The molecule has 0 bridgehead atoms. The Kier molecular flexibility index (Phi) is 8.04. The molecule has 1 heterocycles. The van der Waals surface area contributed by atoms with E-state index in [0.29, 0.717) is 27.9 Å². The number of anilines is 1. The van der Waals surface area contributed by atoms with Crippen LogP contribution in [0.5, 0.6) is 17.2 Å². The van der Waals surface area contributed by atoms with E-state index >= 15 is 0 Å². The van der Waals surface area contributed by atoms with E-state index in [9.17, 15) is 9.59 Å². The van der Waals surface area contributed by atoms with Crippen LogP contribution in [0.4, 0.5) is 5.13 Å². The van der Waals surface area contributed by atoms with E-state index in [1.807, 2.05) is 36.6 Å². The Morgan fingerprint density at radius 1 is 1.03 bits per heavy atom. The Labute approximate surface area is 195 Å². The maximum absolute atomic E-state index is 12.1. The van der Waals surface area contributed by atoms with Crippen molar-refractivity contribution in [2.24, 2.45) is 0 Å². The van der Waals surface area contributed by atoms with Crippen LogP contribution >= 0.6 is 11.3 Å². The molecule has 0 aliphatic carbocycles. The van der Waals surface area contributed by atoms with Gasteiger partial charge in [-0.25, -0.2) is 9.78 Å². The highest BCUT2D eigenvalue weighted by molar-refractivity contribution is 7.14. The maximum Gasteiger partial charge on any atom is 0.331 e. The number of nitrogens with one attached hydrogen (secondary N) is 1. The molecule has 0 unspecified atom stereocenters. The topological polar surface area (TPSA) is 96.0 Å². The lowest BCUT2D eigenvalue weighted by Gasteiger charge is -2.12. The predicted molar refractivity (Wildman–Crippen MR) is 127 cm³/mol. The molecule has 8 nitrogen and oxygen atoms in total. The summed E-state index contributed by atoms with van der Waals surface area (Å²) in [4.78, 5) is 28.6. The van der Waals surface area contributed by atoms with Gasteiger partial charge in [0, 0.05) is 17.0 Å². The number of benzene rings is 2. The molecule has 33 heavy (non-hydrogen) atoms. The summed E-state index contributed by atoms with van der Waals surface area (Å²) in [6.07, 6.45) is 2.74. The average molecular weight is 469 g/mol. The summed E-state index contributed by atoms with van der Waals surface area (Å²) < 4.78 is 20.8. The Balaban J connectivity index is 1.54. The Morgan fingerprint density at radius 2 is 1.70 bits per heavy atom.